The number of benzene rings is 1. The highest BCUT2D eigenvalue weighted by molar-refractivity contribution is 6.62. The molecular weight excluding hydrogens is 391 g/mol. The van der Waals surface area contributed by atoms with Crippen molar-refractivity contribution in [3.8, 4) is 0 Å². The average Bonchev–Trinajstić information content (AvgIpc) is 2.84. The third-order valence-corrected chi connectivity index (χ3v) is 6.69. The summed E-state index contributed by atoms with van der Waals surface area (Å²) in [6.45, 7) is 21.3. The van der Waals surface area contributed by atoms with Gasteiger partial charge in [0.25, 0.3) is 0 Å². The van der Waals surface area contributed by atoms with E-state index in [1.165, 1.54) is 11.1 Å². The van der Waals surface area contributed by atoms with E-state index in [0.29, 0.717) is 13.1 Å². The van der Waals surface area contributed by atoms with Crippen LogP contribution in [0.25, 0.3) is 0 Å². The summed E-state index contributed by atoms with van der Waals surface area (Å²) in [4.78, 5) is 16.7. The highest BCUT2D eigenvalue weighted by atomic mass is 16.7. The minimum absolute atomic E-state index is 0.224. The zero-order valence-electron chi connectivity index (χ0n) is 20.7. The van der Waals surface area contributed by atoms with Gasteiger partial charge in [-0.1, -0.05) is 18.2 Å². The first-order valence-corrected chi connectivity index (χ1v) is 11.4. The van der Waals surface area contributed by atoms with Gasteiger partial charge in [0, 0.05) is 32.2 Å². The first kappa shape index (κ1) is 24.1. The van der Waals surface area contributed by atoms with Gasteiger partial charge in [0.1, 0.15) is 5.60 Å². The number of hydrogen-bond acceptors (Lipinski definition) is 5. The number of aryl methyl sites for hydroxylation is 1. The summed E-state index contributed by atoms with van der Waals surface area (Å²) in [7, 11) is -0.356. The Hall–Kier alpha value is -1.57. The number of piperazine rings is 1. The fraction of sp³-hybridized carbons (Fsp3) is 0.708. The Balaban J connectivity index is 1.67. The Labute approximate surface area is 188 Å². The molecule has 2 aliphatic heterocycles. The minimum atomic E-state index is -0.470. The second-order valence-corrected chi connectivity index (χ2v) is 11.0. The highest BCUT2D eigenvalue weighted by Gasteiger charge is 2.51. The lowest BCUT2D eigenvalue weighted by molar-refractivity contribution is 0.00458. The van der Waals surface area contributed by atoms with E-state index in [1.807, 2.05) is 25.7 Å². The van der Waals surface area contributed by atoms with Crippen molar-refractivity contribution in [2.75, 3.05) is 19.6 Å². The van der Waals surface area contributed by atoms with Crippen LogP contribution >= 0.6 is 0 Å². The Morgan fingerprint density at radius 2 is 1.77 bits per heavy atom. The zero-order chi connectivity index (χ0) is 23.2. The highest BCUT2D eigenvalue weighted by Crippen LogP contribution is 2.36. The van der Waals surface area contributed by atoms with Crippen LogP contribution < -0.4 is 5.46 Å². The molecule has 1 aromatic carbocycles. The van der Waals surface area contributed by atoms with E-state index in [2.05, 4.69) is 64.6 Å². The Kier molecular flexibility index (Phi) is 6.54. The largest absolute Gasteiger partial charge is 0.494 e. The molecule has 31 heavy (non-hydrogen) atoms. The van der Waals surface area contributed by atoms with Gasteiger partial charge in [0.05, 0.1) is 11.2 Å². The number of rotatable bonds is 3. The normalized spacial score (nSPS) is 23.8. The molecule has 0 N–H and O–H groups in total. The van der Waals surface area contributed by atoms with E-state index in [4.69, 9.17) is 14.0 Å². The van der Waals surface area contributed by atoms with Crippen molar-refractivity contribution in [2.45, 2.75) is 91.7 Å². The number of hydrogen-bond donors (Lipinski definition) is 0. The monoisotopic (exact) mass is 430 g/mol. The lowest BCUT2D eigenvalue weighted by atomic mass is 9.77. The predicted molar refractivity (Wildman–Crippen MR) is 125 cm³/mol. The molecule has 6 nitrogen and oxygen atoms in total. The van der Waals surface area contributed by atoms with E-state index in [-0.39, 0.29) is 30.5 Å². The van der Waals surface area contributed by atoms with Crippen LogP contribution in [0.4, 0.5) is 4.79 Å². The van der Waals surface area contributed by atoms with Crippen molar-refractivity contribution in [2.24, 2.45) is 0 Å². The molecule has 1 aromatic rings. The summed E-state index contributed by atoms with van der Waals surface area (Å²) in [5.41, 5.74) is 2.40. The Bertz CT molecular complexity index is 802. The van der Waals surface area contributed by atoms with Gasteiger partial charge in [-0.05, 0) is 78.9 Å². The van der Waals surface area contributed by atoms with Gasteiger partial charge in [0.15, 0.2) is 0 Å². The SMILES string of the molecule is Cc1ccc(B2OC(C)(C)C(C)(C)O2)cc1CN1CCN(C(=O)OC(C)(C)C)C[C@@H]1C. The van der Waals surface area contributed by atoms with Crippen LogP contribution in [0.3, 0.4) is 0 Å². The smallest absolute Gasteiger partial charge is 0.444 e. The second kappa shape index (κ2) is 8.41. The van der Waals surface area contributed by atoms with Gasteiger partial charge in [-0.25, -0.2) is 4.79 Å². The number of ether oxygens (including phenoxy) is 1. The number of carbonyl (C=O) groups excluding carboxylic acids is 1. The Morgan fingerprint density at radius 3 is 2.32 bits per heavy atom. The molecule has 1 atom stereocenters. The lowest BCUT2D eigenvalue weighted by Crippen LogP contribution is -2.54. The van der Waals surface area contributed by atoms with Crippen molar-refractivity contribution < 1.29 is 18.8 Å². The van der Waals surface area contributed by atoms with Gasteiger partial charge >= 0.3 is 13.2 Å². The molecule has 172 valence electrons. The molecule has 2 heterocycles. The van der Waals surface area contributed by atoms with Gasteiger partial charge in [0.2, 0.25) is 0 Å². The third kappa shape index (κ3) is 5.44. The van der Waals surface area contributed by atoms with Crippen molar-refractivity contribution in [3.63, 3.8) is 0 Å². The van der Waals surface area contributed by atoms with Crippen LogP contribution in [0.15, 0.2) is 18.2 Å². The summed E-state index contributed by atoms with van der Waals surface area (Å²) < 4.78 is 18.0. The topological polar surface area (TPSA) is 51.2 Å². The summed E-state index contributed by atoms with van der Waals surface area (Å²) in [6, 6.07) is 6.72. The van der Waals surface area contributed by atoms with Crippen LogP contribution in [0.2, 0.25) is 0 Å². The first-order chi connectivity index (χ1) is 14.2. The first-order valence-electron chi connectivity index (χ1n) is 11.4. The average molecular weight is 430 g/mol. The molecule has 0 radical (unpaired) electrons. The number of amides is 1. The van der Waals surface area contributed by atoms with Gasteiger partial charge in [-0.15, -0.1) is 0 Å². The van der Waals surface area contributed by atoms with Crippen LogP contribution in [0, 0.1) is 6.92 Å². The second-order valence-electron chi connectivity index (χ2n) is 11.0. The fourth-order valence-corrected chi connectivity index (χ4v) is 3.93. The molecule has 2 fully saturated rings. The molecule has 2 aliphatic rings. The molecular formula is C24H39BN2O4. The summed E-state index contributed by atoms with van der Waals surface area (Å²) in [6.07, 6.45) is -0.224. The van der Waals surface area contributed by atoms with E-state index in [1.54, 1.807) is 0 Å². The van der Waals surface area contributed by atoms with Crippen molar-refractivity contribution in [3.05, 3.63) is 29.3 Å². The van der Waals surface area contributed by atoms with Crippen LogP contribution in [-0.2, 0) is 20.6 Å². The maximum absolute atomic E-state index is 12.4. The van der Waals surface area contributed by atoms with Crippen LogP contribution in [-0.4, -0.2) is 65.5 Å². The summed E-state index contributed by atoms with van der Waals surface area (Å²) >= 11 is 0. The zero-order valence-corrected chi connectivity index (χ0v) is 20.7. The summed E-state index contributed by atoms with van der Waals surface area (Å²) in [5, 5.41) is 0. The quantitative estimate of drug-likeness (QED) is 0.684. The van der Waals surface area contributed by atoms with Crippen LogP contribution in [0.1, 0.15) is 66.5 Å². The van der Waals surface area contributed by atoms with E-state index >= 15 is 0 Å². The van der Waals surface area contributed by atoms with Crippen molar-refractivity contribution in [1.29, 1.82) is 0 Å². The maximum Gasteiger partial charge on any atom is 0.494 e. The molecule has 0 bridgehead atoms. The molecule has 3 rings (SSSR count). The number of nitrogens with zero attached hydrogens (tertiary/aromatic N) is 2. The van der Waals surface area contributed by atoms with Gasteiger partial charge in [-0.3, -0.25) is 4.90 Å². The standard InChI is InChI=1S/C24H39BN2O4/c1-17-10-11-20(25-30-23(6,7)24(8,9)31-25)14-19(17)16-26-12-13-27(15-18(26)2)21(28)29-22(3,4)5/h10-11,14,18H,12-13,15-16H2,1-9H3/t18-/m0/s1. The fourth-order valence-electron chi connectivity index (χ4n) is 3.93. The maximum atomic E-state index is 12.4. The number of carbonyl (C=O) groups is 1. The van der Waals surface area contributed by atoms with E-state index in [9.17, 15) is 4.79 Å². The molecule has 0 aliphatic carbocycles. The third-order valence-electron chi connectivity index (χ3n) is 6.69. The van der Waals surface area contributed by atoms with Crippen molar-refractivity contribution in [1.82, 2.24) is 9.80 Å². The minimum Gasteiger partial charge on any atom is -0.444 e. The predicted octanol–water partition coefficient (Wildman–Crippen LogP) is 3.74. The molecule has 0 aromatic heterocycles. The molecule has 0 spiro atoms. The Morgan fingerprint density at radius 1 is 1.16 bits per heavy atom. The van der Waals surface area contributed by atoms with Crippen LogP contribution in [0.5, 0.6) is 0 Å². The molecule has 1 amide bonds. The van der Waals surface area contributed by atoms with Gasteiger partial charge < -0.3 is 18.9 Å². The summed E-state index contributed by atoms with van der Waals surface area (Å²) in [5.74, 6) is 0. The van der Waals surface area contributed by atoms with E-state index < -0.39 is 5.60 Å². The van der Waals surface area contributed by atoms with Crippen molar-refractivity contribution >= 4 is 18.7 Å². The molecule has 2 saturated heterocycles. The molecule has 7 heteroatoms. The van der Waals surface area contributed by atoms with Gasteiger partial charge in [-0.2, -0.15) is 0 Å². The van der Waals surface area contributed by atoms with E-state index in [0.717, 1.165) is 18.6 Å². The molecule has 0 unspecified atom stereocenters. The molecule has 0 saturated carbocycles. The lowest BCUT2D eigenvalue weighted by Gasteiger charge is -2.40.